The lowest BCUT2D eigenvalue weighted by Gasteiger charge is -2.20. The molecule has 0 aliphatic rings. The number of amides is 2. The Labute approximate surface area is 143 Å². The van der Waals surface area contributed by atoms with Gasteiger partial charge >= 0.3 is 0 Å². The Bertz CT molecular complexity index is 783. The van der Waals surface area contributed by atoms with Crippen molar-refractivity contribution in [1.29, 1.82) is 0 Å². The van der Waals surface area contributed by atoms with Crippen molar-refractivity contribution >= 4 is 28.8 Å². The van der Waals surface area contributed by atoms with E-state index in [1.54, 1.807) is 42.0 Å². The Balaban J connectivity index is 1.71. The standard InChI is InChI=1S/C18H16N2O3S/c21-17(19-15-5-2-1-3-6-15)12-20(11-16-7-4-9-23-16)18(22)14-8-10-24-13-14/h1-10,13H,11-12H2,(H,19,21). The van der Waals surface area contributed by atoms with Gasteiger partial charge in [0.2, 0.25) is 5.91 Å². The molecular formula is C18H16N2O3S. The molecule has 0 atom stereocenters. The molecule has 0 saturated carbocycles. The normalized spacial score (nSPS) is 10.3. The van der Waals surface area contributed by atoms with Crippen LogP contribution in [0.25, 0.3) is 0 Å². The van der Waals surface area contributed by atoms with Crippen LogP contribution < -0.4 is 5.32 Å². The molecule has 122 valence electrons. The number of carbonyl (C=O) groups excluding carboxylic acids is 2. The van der Waals surface area contributed by atoms with E-state index in [1.165, 1.54) is 16.2 Å². The number of para-hydroxylation sites is 1. The zero-order valence-electron chi connectivity index (χ0n) is 12.8. The number of nitrogens with zero attached hydrogens (tertiary/aromatic N) is 1. The van der Waals surface area contributed by atoms with Crippen LogP contribution in [0.4, 0.5) is 5.69 Å². The fourth-order valence-electron chi connectivity index (χ4n) is 2.25. The molecule has 2 heterocycles. The molecule has 0 aliphatic carbocycles. The lowest BCUT2D eigenvalue weighted by molar-refractivity contribution is -0.117. The third kappa shape index (κ3) is 4.11. The van der Waals surface area contributed by atoms with Gasteiger partial charge in [-0.3, -0.25) is 9.59 Å². The van der Waals surface area contributed by atoms with E-state index >= 15 is 0 Å². The van der Waals surface area contributed by atoms with E-state index in [-0.39, 0.29) is 24.9 Å². The molecule has 0 bridgehead atoms. The van der Waals surface area contributed by atoms with E-state index < -0.39 is 0 Å². The second-order valence-electron chi connectivity index (χ2n) is 5.17. The quantitative estimate of drug-likeness (QED) is 0.745. The zero-order valence-corrected chi connectivity index (χ0v) is 13.7. The summed E-state index contributed by atoms with van der Waals surface area (Å²) in [5, 5.41) is 6.40. The third-order valence-electron chi connectivity index (χ3n) is 3.37. The number of carbonyl (C=O) groups is 2. The Hall–Kier alpha value is -2.86. The molecule has 6 heteroatoms. The monoisotopic (exact) mass is 340 g/mol. The van der Waals surface area contributed by atoms with Crippen LogP contribution in [0.5, 0.6) is 0 Å². The number of thiophene rings is 1. The van der Waals surface area contributed by atoms with Gasteiger partial charge < -0.3 is 14.6 Å². The average Bonchev–Trinajstić information content (AvgIpc) is 3.28. The SMILES string of the molecule is O=C(CN(Cc1ccco1)C(=O)c1ccsc1)Nc1ccccc1. The first kappa shape index (κ1) is 16.0. The smallest absolute Gasteiger partial charge is 0.255 e. The largest absolute Gasteiger partial charge is 0.467 e. The van der Waals surface area contributed by atoms with E-state index in [9.17, 15) is 9.59 Å². The summed E-state index contributed by atoms with van der Waals surface area (Å²) in [5.41, 5.74) is 1.27. The van der Waals surface area contributed by atoms with Gasteiger partial charge in [0.05, 0.1) is 18.4 Å². The van der Waals surface area contributed by atoms with Crippen molar-refractivity contribution in [1.82, 2.24) is 4.90 Å². The second-order valence-corrected chi connectivity index (χ2v) is 5.95. The summed E-state index contributed by atoms with van der Waals surface area (Å²) in [5.74, 6) is 0.179. The Morgan fingerprint density at radius 1 is 1.08 bits per heavy atom. The van der Waals surface area contributed by atoms with Crippen molar-refractivity contribution in [2.45, 2.75) is 6.54 Å². The van der Waals surface area contributed by atoms with Crippen LogP contribution in [-0.4, -0.2) is 23.3 Å². The summed E-state index contributed by atoms with van der Waals surface area (Å²) in [4.78, 5) is 26.4. The molecule has 0 saturated heterocycles. The van der Waals surface area contributed by atoms with Gasteiger partial charge in [-0.25, -0.2) is 0 Å². The highest BCUT2D eigenvalue weighted by atomic mass is 32.1. The van der Waals surface area contributed by atoms with E-state index in [1.807, 2.05) is 23.6 Å². The molecule has 5 nitrogen and oxygen atoms in total. The van der Waals surface area contributed by atoms with Gasteiger partial charge in [-0.1, -0.05) is 18.2 Å². The van der Waals surface area contributed by atoms with Crippen LogP contribution in [-0.2, 0) is 11.3 Å². The highest BCUT2D eigenvalue weighted by Crippen LogP contribution is 2.14. The highest BCUT2D eigenvalue weighted by molar-refractivity contribution is 7.08. The molecule has 0 radical (unpaired) electrons. The Morgan fingerprint density at radius 2 is 1.92 bits per heavy atom. The number of benzene rings is 1. The Kier molecular flexibility index (Phi) is 5.08. The van der Waals surface area contributed by atoms with Crippen LogP contribution in [0, 0.1) is 0 Å². The van der Waals surface area contributed by atoms with Crippen molar-refractivity contribution in [3.05, 3.63) is 76.9 Å². The molecule has 1 N–H and O–H groups in total. The molecule has 0 spiro atoms. The summed E-state index contributed by atoms with van der Waals surface area (Å²) >= 11 is 1.44. The molecule has 2 amide bonds. The van der Waals surface area contributed by atoms with Crippen LogP contribution in [0.15, 0.2) is 70.0 Å². The molecule has 1 aromatic carbocycles. The third-order valence-corrected chi connectivity index (χ3v) is 4.06. The van der Waals surface area contributed by atoms with E-state index in [0.717, 1.165) is 0 Å². The van der Waals surface area contributed by atoms with Gasteiger partial charge in [-0.15, -0.1) is 0 Å². The van der Waals surface area contributed by atoms with Crippen molar-refractivity contribution in [3.8, 4) is 0 Å². The lowest BCUT2D eigenvalue weighted by atomic mass is 10.2. The summed E-state index contributed by atoms with van der Waals surface area (Å²) < 4.78 is 5.31. The van der Waals surface area contributed by atoms with Crippen LogP contribution in [0.2, 0.25) is 0 Å². The van der Waals surface area contributed by atoms with Crippen molar-refractivity contribution in [2.75, 3.05) is 11.9 Å². The summed E-state index contributed by atoms with van der Waals surface area (Å²) in [7, 11) is 0. The van der Waals surface area contributed by atoms with Gasteiger partial charge in [0.25, 0.3) is 5.91 Å². The summed E-state index contributed by atoms with van der Waals surface area (Å²) in [6.07, 6.45) is 1.55. The van der Waals surface area contributed by atoms with E-state index in [2.05, 4.69) is 5.32 Å². The first-order chi connectivity index (χ1) is 11.7. The maximum Gasteiger partial charge on any atom is 0.255 e. The highest BCUT2D eigenvalue weighted by Gasteiger charge is 2.20. The van der Waals surface area contributed by atoms with Gasteiger partial charge in [-0.2, -0.15) is 11.3 Å². The minimum atomic E-state index is -0.253. The second kappa shape index (κ2) is 7.61. The molecule has 0 unspecified atom stereocenters. The van der Waals surface area contributed by atoms with Crippen LogP contribution in [0.3, 0.4) is 0 Å². The van der Waals surface area contributed by atoms with E-state index in [4.69, 9.17) is 4.42 Å². The molecule has 3 aromatic rings. The molecule has 0 aliphatic heterocycles. The van der Waals surface area contributed by atoms with E-state index in [0.29, 0.717) is 17.0 Å². The molecular weight excluding hydrogens is 324 g/mol. The Morgan fingerprint density at radius 3 is 2.58 bits per heavy atom. The number of hydrogen-bond donors (Lipinski definition) is 1. The topological polar surface area (TPSA) is 62.6 Å². The number of hydrogen-bond acceptors (Lipinski definition) is 4. The molecule has 0 fully saturated rings. The van der Waals surface area contributed by atoms with Crippen LogP contribution in [0.1, 0.15) is 16.1 Å². The summed E-state index contributed by atoms with van der Waals surface area (Å²) in [6, 6.07) is 14.4. The van der Waals surface area contributed by atoms with Crippen LogP contribution >= 0.6 is 11.3 Å². The van der Waals surface area contributed by atoms with Crippen molar-refractivity contribution in [2.24, 2.45) is 0 Å². The fourth-order valence-corrected chi connectivity index (χ4v) is 2.88. The number of anilines is 1. The first-order valence-electron chi connectivity index (χ1n) is 7.41. The molecule has 3 rings (SSSR count). The predicted octanol–water partition coefficient (Wildman–Crippen LogP) is 3.62. The van der Waals surface area contributed by atoms with Gasteiger partial charge in [-0.05, 0) is 35.7 Å². The first-order valence-corrected chi connectivity index (χ1v) is 8.35. The lowest BCUT2D eigenvalue weighted by Crippen LogP contribution is -2.37. The minimum absolute atomic E-state index is 0.0513. The van der Waals surface area contributed by atoms with Gasteiger partial charge in [0, 0.05) is 11.1 Å². The predicted molar refractivity (Wildman–Crippen MR) is 92.8 cm³/mol. The number of furan rings is 1. The number of rotatable bonds is 6. The maximum atomic E-state index is 12.6. The molecule has 2 aromatic heterocycles. The van der Waals surface area contributed by atoms with Gasteiger partial charge in [0.15, 0.2) is 0 Å². The fraction of sp³-hybridized carbons (Fsp3) is 0.111. The van der Waals surface area contributed by atoms with Crippen molar-refractivity contribution in [3.63, 3.8) is 0 Å². The minimum Gasteiger partial charge on any atom is -0.467 e. The van der Waals surface area contributed by atoms with Gasteiger partial charge in [0.1, 0.15) is 12.3 Å². The summed E-state index contributed by atoms with van der Waals surface area (Å²) in [6.45, 7) is 0.189. The molecule has 24 heavy (non-hydrogen) atoms. The average molecular weight is 340 g/mol. The van der Waals surface area contributed by atoms with Crippen molar-refractivity contribution < 1.29 is 14.0 Å². The maximum absolute atomic E-state index is 12.6. The number of nitrogens with one attached hydrogen (secondary N) is 1. The zero-order chi connectivity index (χ0) is 16.8.